The lowest BCUT2D eigenvalue weighted by Gasteiger charge is -2.04. The van der Waals surface area contributed by atoms with Crippen LogP contribution in [0.25, 0.3) is 0 Å². The molecule has 0 radical (unpaired) electrons. The molecule has 0 aliphatic carbocycles. The molecular weight excluding hydrogens is 248 g/mol. The molecule has 0 fully saturated rings. The first-order valence-electron chi connectivity index (χ1n) is 5.71. The minimum atomic E-state index is -0.443. The summed E-state index contributed by atoms with van der Waals surface area (Å²) in [6.45, 7) is 0.731. The van der Waals surface area contributed by atoms with Gasteiger partial charge in [-0.2, -0.15) is 5.26 Å². The minimum Gasteiger partial charge on any atom is -0.342 e. The van der Waals surface area contributed by atoms with E-state index in [2.05, 4.69) is 10.6 Å². The predicted octanol–water partition coefficient (Wildman–Crippen LogP) is 0.367. The summed E-state index contributed by atoms with van der Waals surface area (Å²) in [7, 11) is 0. The summed E-state index contributed by atoms with van der Waals surface area (Å²) >= 11 is 0. The molecule has 2 N–H and O–H groups in total. The van der Waals surface area contributed by atoms with E-state index in [-0.39, 0.29) is 24.7 Å². The molecule has 7 heteroatoms. The Morgan fingerprint density at radius 1 is 1.37 bits per heavy atom. The number of carbonyl (C=O) groups excluding carboxylic acids is 1. The van der Waals surface area contributed by atoms with Crippen LogP contribution < -0.4 is 10.6 Å². The second kappa shape index (κ2) is 7.79. The van der Waals surface area contributed by atoms with Gasteiger partial charge < -0.3 is 10.6 Å². The van der Waals surface area contributed by atoms with E-state index in [9.17, 15) is 14.9 Å². The van der Waals surface area contributed by atoms with Gasteiger partial charge in [0, 0.05) is 12.1 Å². The average molecular weight is 262 g/mol. The molecule has 1 aromatic rings. The third kappa shape index (κ3) is 5.61. The molecule has 1 amide bonds. The van der Waals surface area contributed by atoms with Crippen LogP contribution in [0.4, 0.5) is 5.69 Å². The molecule has 0 aliphatic heterocycles. The lowest BCUT2D eigenvalue weighted by atomic mass is 10.1. The van der Waals surface area contributed by atoms with Crippen molar-refractivity contribution in [2.75, 3.05) is 19.6 Å². The quantitative estimate of drug-likeness (QED) is 0.319. The van der Waals surface area contributed by atoms with E-state index >= 15 is 0 Å². The van der Waals surface area contributed by atoms with E-state index in [0.717, 1.165) is 5.56 Å². The molecule has 0 spiro atoms. The topological polar surface area (TPSA) is 108 Å². The molecule has 0 atom stereocenters. The Morgan fingerprint density at radius 3 is 2.63 bits per heavy atom. The van der Waals surface area contributed by atoms with E-state index in [1.54, 1.807) is 12.1 Å². The SMILES string of the molecule is N#CCNC(=O)CNCCc1ccc([N+](=O)[O-])cc1. The van der Waals surface area contributed by atoms with Gasteiger partial charge in [-0.1, -0.05) is 12.1 Å². The Kier molecular flexibility index (Phi) is 5.98. The number of benzene rings is 1. The van der Waals surface area contributed by atoms with Crippen molar-refractivity contribution in [1.29, 1.82) is 5.26 Å². The highest BCUT2D eigenvalue weighted by atomic mass is 16.6. The van der Waals surface area contributed by atoms with Crippen LogP contribution in [-0.4, -0.2) is 30.5 Å². The number of rotatable bonds is 7. The van der Waals surface area contributed by atoms with Gasteiger partial charge in [0.15, 0.2) is 0 Å². The standard InChI is InChI=1S/C12H14N4O3/c13-6-8-15-12(17)9-14-7-5-10-1-3-11(4-2-10)16(18)19/h1-4,14H,5,7-9H2,(H,15,17). The number of hydrogen-bond donors (Lipinski definition) is 2. The van der Waals surface area contributed by atoms with Crippen molar-refractivity contribution in [3.63, 3.8) is 0 Å². The predicted molar refractivity (Wildman–Crippen MR) is 68.3 cm³/mol. The van der Waals surface area contributed by atoms with Crippen LogP contribution in [0.5, 0.6) is 0 Å². The summed E-state index contributed by atoms with van der Waals surface area (Å²) in [5.41, 5.74) is 1.02. The zero-order valence-electron chi connectivity index (χ0n) is 10.3. The van der Waals surface area contributed by atoms with Crippen molar-refractivity contribution < 1.29 is 9.72 Å². The highest BCUT2D eigenvalue weighted by molar-refractivity contribution is 5.78. The third-order valence-corrected chi connectivity index (χ3v) is 2.39. The zero-order valence-corrected chi connectivity index (χ0v) is 10.3. The number of nitro benzene ring substituents is 1. The van der Waals surface area contributed by atoms with Crippen LogP contribution in [0.15, 0.2) is 24.3 Å². The summed E-state index contributed by atoms with van der Waals surface area (Å²) in [6, 6.07) is 8.10. The number of carbonyl (C=O) groups is 1. The van der Waals surface area contributed by atoms with Crippen LogP contribution in [0.1, 0.15) is 5.56 Å². The number of nitrogens with zero attached hydrogens (tertiary/aromatic N) is 2. The van der Waals surface area contributed by atoms with E-state index in [1.807, 2.05) is 6.07 Å². The van der Waals surface area contributed by atoms with Gasteiger partial charge in [0.25, 0.3) is 5.69 Å². The van der Waals surface area contributed by atoms with Gasteiger partial charge >= 0.3 is 0 Å². The lowest BCUT2D eigenvalue weighted by molar-refractivity contribution is -0.384. The number of nitrogens with one attached hydrogen (secondary N) is 2. The number of hydrogen-bond acceptors (Lipinski definition) is 5. The second-order valence-electron chi connectivity index (χ2n) is 3.79. The van der Waals surface area contributed by atoms with Crippen molar-refractivity contribution in [2.45, 2.75) is 6.42 Å². The fourth-order valence-electron chi connectivity index (χ4n) is 1.42. The molecule has 0 saturated carbocycles. The van der Waals surface area contributed by atoms with E-state index < -0.39 is 4.92 Å². The molecule has 19 heavy (non-hydrogen) atoms. The summed E-state index contributed by atoms with van der Waals surface area (Å²) in [5.74, 6) is -0.231. The van der Waals surface area contributed by atoms with Crippen molar-refractivity contribution in [1.82, 2.24) is 10.6 Å². The van der Waals surface area contributed by atoms with Gasteiger partial charge in [0.05, 0.1) is 17.5 Å². The maximum absolute atomic E-state index is 11.1. The molecule has 0 heterocycles. The van der Waals surface area contributed by atoms with Crippen molar-refractivity contribution in [3.05, 3.63) is 39.9 Å². The fourth-order valence-corrected chi connectivity index (χ4v) is 1.42. The number of nitriles is 1. The van der Waals surface area contributed by atoms with E-state index in [0.29, 0.717) is 13.0 Å². The Labute approximate surface area is 110 Å². The lowest BCUT2D eigenvalue weighted by Crippen LogP contribution is -2.34. The van der Waals surface area contributed by atoms with Crippen molar-refractivity contribution in [2.24, 2.45) is 0 Å². The third-order valence-electron chi connectivity index (χ3n) is 2.39. The smallest absolute Gasteiger partial charge is 0.269 e. The van der Waals surface area contributed by atoms with Crippen LogP contribution >= 0.6 is 0 Å². The maximum Gasteiger partial charge on any atom is 0.269 e. The fraction of sp³-hybridized carbons (Fsp3) is 0.333. The average Bonchev–Trinajstić information content (AvgIpc) is 2.41. The first kappa shape index (κ1) is 14.6. The van der Waals surface area contributed by atoms with Gasteiger partial charge in [-0.3, -0.25) is 14.9 Å². The maximum atomic E-state index is 11.1. The van der Waals surface area contributed by atoms with Gasteiger partial charge in [-0.25, -0.2) is 0 Å². The van der Waals surface area contributed by atoms with Crippen LogP contribution in [0, 0.1) is 21.4 Å². The largest absolute Gasteiger partial charge is 0.342 e. The highest BCUT2D eigenvalue weighted by Gasteiger charge is 2.04. The Bertz CT molecular complexity index is 479. The Balaban J connectivity index is 2.24. The Hall–Kier alpha value is -2.46. The van der Waals surface area contributed by atoms with Crippen LogP contribution in [-0.2, 0) is 11.2 Å². The normalized spacial score (nSPS) is 9.63. The van der Waals surface area contributed by atoms with Crippen LogP contribution in [0.3, 0.4) is 0 Å². The molecule has 7 nitrogen and oxygen atoms in total. The highest BCUT2D eigenvalue weighted by Crippen LogP contribution is 2.11. The molecule has 0 saturated heterocycles. The summed E-state index contributed by atoms with van der Waals surface area (Å²) in [5, 5.41) is 24.1. The molecular formula is C12H14N4O3. The Morgan fingerprint density at radius 2 is 2.05 bits per heavy atom. The molecule has 1 rings (SSSR count). The zero-order chi connectivity index (χ0) is 14.1. The molecule has 0 unspecified atom stereocenters. The number of non-ortho nitro benzene ring substituents is 1. The molecule has 1 aromatic carbocycles. The summed E-state index contributed by atoms with van der Waals surface area (Å²) in [6.07, 6.45) is 0.670. The van der Waals surface area contributed by atoms with Crippen molar-refractivity contribution >= 4 is 11.6 Å². The number of nitro groups is 1. The van der Waals surface area contributed by atoms with E-state index in [4.69, 9.17) is 5.26 Å². The summed E-state index contributed by atoms with van der Waals surface area (Å²) in [4.78, 5) is 21.2. The first-order valence-corrected chi connectivity index (χ1v) is 5.71. The monoisotopic (exact) mass is 262 g/mol. The first-order chi connectivity index (χ1) is 9.13. The molecule has 100 valence electrons. The second-order valence-corrected chi connectivity index (χ2v) is 3.79. The molecule has 0 aliphatic rings. The molecule has 0 aromatic heterocycles. The van der Waals surface area contributed by atoms with Gasteiger partial charge in [-0.15, -0.1) is 0 Å². The van der Waals surface area contributed by atoms with Gasteiger partial charge in [0.2, 0.25) is 5.91 Å². The van der Waals surface area contributed by atoms with Gasteiger partial charge in [0.1, 0.15) is 6.54 Å². The van der Waals surface area contributed by atoms with E-state index in [1.165, 1.54) is 12.1 Å². The van der Waals surface area contributed by atoms with Crippen LogP contribution in [0.2, 0.25) is 0 Å². The summed E-state index contributed by atoms with van der Waals surface area (Å²) < 4.78 is 0. The number of amides is 1. The van der Waals surface area contributed by atoms with Crippen molar-refractivity contribution in [3.8, 4) is 6.07 Å². The van der Waals surface area contributed by atoms with Gasteiger partial charge in [-0.05, 0) is 18.5 Å². The minimum absolute atomic E-state index is 0.00284. The molecule has 0 bridgehead atoms.